The summed E-state index contributed by atoms with van der Waals surface area (Å²) in [5.74, 6) is -0.721. The molecule has 1 saturated carbocycles. The van der Waals surface area contributed by atoms with Gasteiger partial charge in [0, 0.05) is 65.9 Å². The largest absolute Gasteiger partial charge is 0.481 e. The number of nitrogens with zero attached hydrogens (tertiary/aromatic N) is 4. The maximum atomic E-state index is 13.9. The van der Waals surface area contributed by atoms with Gasteiger partial charge in [-0.3, -0.25) is 24.2 Å². The van der Waals surface area contributed by atoms with Crippen molar-refractivity contribution < 1.29 is 24.2 Å². The topological polar surface area (TPSA) is 113 Å². The Morgan fingerprint density at radius 1 is 1.14 bits per heavy atom. The molecule has 9 nitrogen and oxygen atoms in total. The number of aliphatic carboxylic acids is 1. The van der Waals surface area contributed by atoms with E-state index in [-0.39, 0.29) is 30.2 Å². The standard InChI is InChI=1S/C31H33ClN4O5S/c32-22-4-7-24(20-3-8-27(33-17-20)35-11-1-2-28(35)37)25(16-22)26-18-42-31(34-26)36(23-5-6-23)30(40)21(15-29(38)39)14-19-9-12-41-13-10-19/h3-4,7-8,16-19,21,23H,1-2,5-6,9-15H2,(H,38,39). The molecule has 1 aromatic carbocycles. The van der Waals surface area contributed by atoms with Gasteiger partial charge in [0.2, 0.25) is 11.8 Å². The van der Waals surface area contributed by atoms with E-state index >= 15 is 0 Å². The van der Waals surface area contributed by atoms with Crippen molar-refractivity contribution >= 4 is 51.7 Å². The first-order valence-corrected chi connectivity index (χ1v) is 15.8. The Balaban J connectivity index is 1.28. The van der Waals surface area contributed by atoms with Crippen molar-refractivity contribution in [3.8, 4) is 22.4 Å². The van der Waals surface area contributed by atoms with Gasteiger partial charge in [0.15, 0.2) is 5.13 Å². The summed E-state index contributed by atoms with van der Waals surface area (Å²) in [5, 5.41) is 12.7. The average molecular weight is 609 g/mol. The molecule has 2 aliphatic heterocycles. The molecule has 2 amide bonds. The van der Waals surface area contributed by atoms with Crippen molar-refractivity contribution in [1.29, 1.82) is 0 Å². The number of carbonyl (C=O) groups excluding carboxylic acids is 2. The number of amides is 2. The molecule has 1 unspecified atom stereocenters. The van der Waals surface area contributed by atoms with Crippen LogP contribution in [0.2, 0.25) is 5.02 Å². The number of pyridine rings is 1. The number of hydrogen-bond acceptors (Lipinski definition) is 7. The molecule has 0 radical (unpaired) electrons. The lowest BCUT2D eigenvalue weighted by Crippen LogP contribution is -2.40. The van der Waals surface area contributed by atoms with Crippen LogP contribution in [0.4, 0.5) is 10.9 Å². The van der Waals surface area contributed by atoms with E-state index in [1.807, 2.05) is 35.7 Å². The average Bonchev–Trinajstić information content (AvgIpc) is 3.53. The number of thiazole rings is 1. The molecule has 3 aromatic rings. The van der Waals surface area contributed by atoms with E-state index < -0.39 is 11.9 Å². The van der Waals surface area contributed by atoms with Crippen molar-refractivity contribution in [3.05, 3.63) is 46.9 Å². The first-order valence-electron chi connectivity index (χ1n) is 14.5. The number of hydrogen-bond donors (Lipinski definition) is 1. The second-order valence-electron chi connectivity index (χ2n) is 11.3. The third-order valence-corrected chi connectivity index (χ3v) is 9.32. The van der Waals surface area contributed by atoms with Crippen molar-refractivity contribution in [3.63, 3.8) is 0 Å². The highest BCUT2D eigenvalue weighted by atomic mass is 35.5. The SMILES string of the molecule is O=C(O)CC(CC1CCOCC1)C(=O)N(c1nc(-c2cc(Cl)ccc2-c2ccc(N3CCCC3=O)nc2)cs1)C1CC1. The molecule has 6 rings (SSSR count). The zero-order valence-corrected chi connectivity index (χ0v) is 24.8. The number of halogens is 1. The molecule has 220 valence electrons. The van der Waals surface area contributed by atoms with Crippen LogP contribution in [-0.4, -0.2) is 58.7 Å². The Kier molecular flexibility index (Phi) is 8.55. The molecule has 2 saturated heterocycles. The zero-order chi connectivity index (χ0) is 29.2. The number of anilines is 2. The van der Waals surface area contributed by atoms with Gasteiger partial charge >= 0.3 is 5.97 Å². The van der Waals surface area contributed by atoms with Gasteiger partial charge in [0.1, 0.15) is 5.82 Å². The van der Waals surface area contributed by atoms with E-state index in [1.54, 1.807) is 16.0 Å². The van der Waals surface area contributed by atoms with Crippen molar-refractivity contribution in [1.82, 2.24) is 9.97 Å². The molecule has 1 N–H and O–H groups in total. The van der Waals surface area contributed by atoms with Crippen molar-refractivity contribution in [2.45, 2.75) is 57.4 Å². The normalized spacial score (nSPS) is 18.3. The summed E-state index contributed by atoms with van der Waals surface area (Å²) in [6, 6.07) is 9.44. The maximum Gasteiger partial charge on any atom is 0.304 e. The second-order valence-corrected chi connectivity index (χ2v) is 12.6. The van der Waals surface area contributed by atoms with E-state index in [1.165, 1.54) is 11.3 Å². The smallest absolute Gasteiger partial charge is 0.304 e. The minimum absolute atomic E-state index is 0.0337. The second kappa shape index (κ2) is 12.5. The summed E-state index contributed by atoms with van der Waals surface area (Å²) >= 11 is 7.82. The van der Waals surface area contributed by atoms with E-state index in [4.69, 9.17) is 21.3 Å². The Bertz CT molecular complexity index is 1470. The van der Waals surface area contributed by atoms with Crippen LogP contribution in [-0.2, 0) is 19.1 Å². The van der Waals surface area contributed by atoms with Gasteiger partial charge in [0.05, 0.1) is 12.1 Å². The summed E-state index contributed by atoms with van der Waals surface area (Å²) < 4.78 is 5.47. The lowest BCUT2D eigenvalue weighted by molar-refractivity contribution is -0.141. The minimum Gasteiger partial charge on any atom is -0.481 e. The first-order chi connectivity index (χ1) is 20.4. The quantitative estimate of drug-likeness (QED) is 0.298. The Labute approximate surface area is 253 Å². The Morgan fingerprint density at radius 3 is 2.62 bits per heavy atom. The van der Waals surface area contributed by atoms with Crippen LogP contribution in [0.15, 0.2) is 41.9 Å². The number of carbonyl (C=O) groups is 3. The number of benzene rings is 1. The molecule has 11 heteroatoms. The molecular formula is C31H33ClN4O5S. The molecule has 3 fully saturated rings. The van der Waals surface area contributed by atoms with Crippen LogP contribution < -0.4 is 9.80 Å². The van der Waals surface area contributed by atoms with Crippen LogP contribution in [0.25, 0.3) is 22.4 Å². The number of carboxylic acids is 1. The molecule has 1 atom stereocenters. The van der Waals surface area contributed by atoms with Gasteiger partial charge < -0.3 is 9.84 Å². The minimum atomic E-state index is -0.965. The predicted octanol–water partition coefficient (Wildman–Crippen LogP) is 6.06. The van der Waals surface area contributed by atoms with Crippen LogP contribution in [0.3, 0.4) is 0 Å². The Morgan fingerprint density at radius 2 is 1.95 bits per heavy atom. The lowest BCUT2D eigenvalue weighted by atomic mass is 9.86. The maximum absolute atomic E-state index is 13.9. The highest BCUT2D eigenvalue weighted by molar-refractivity contribution is 7.14. The third-order valence-electron chi connectivity index (χ3n) is 8.24. The summed E-state index contributed by atoms with van der Waals surface area (Å²) in [7, 11) is 0. The van der Waals surface area contributed by atoms with Crippen LogP contribution >= 0.6 is 22.9 Å². The molecule has 3 aliphatic rings. The molecule has 4 heterocycles. The fraction of sp³-hybridized carbons (Fsp3) is 0.452. The van der Waals surface area contributed by atoms with E-state index in [0.717, 1.165) is 48.8 Å². The van der Waals surface area contributed by atoms with Crippen LogP contribution in [0.5, 0.6) is 0 Å². The molecule has 42 heavy (non-hydrogen) atoms. The fourth-order valence-electron chi connectivity index (χ4n) is 5.90. The monoisotopic (exact) mass is 608 g/mol. The molecule has 0 spiro atoms. The number of aromatic nitrogens is 2. The van der Waals surface area contributed by atoms with Gasteiger partial charge in [-0.15, -0.1) is 11.3 Å². The van der Waals surface area contributed by atoms with Crippen molar-refractivity contribution in [2.24, 2.45) is 11.8 Å². The highest BCUT2D eigenvalue weighted by Gasteiger charge is 2.40. The summed E-state index contributed by atoms with van der Waals surface area (Å²) in [5.41, 5.74) is 3.24. The number of ether oxygens (including phenoxy) is 1. The van der Waals surface area contributed by atoms with E-state index in [0.29, 0.717) is 54.3 Å². The van der Waals surface area contributed by atoms with Crippen LogP contribution in [0.1, 0.15) is 51.4 Å². The molecule has 1 aliphatic carbocycles. The van der Waals surface area contributed by atoms with Gasteiger partial charge in [-0.1, -0.05) is 17.7 Å². The van der Waals surface area contributed by atoms with Gasteiger partial charge in [-0.2, -0.15) is 0 Å². The van der Waals surface area contributed by atoms with Crippen LogP contribution in [0, 0.1) is 11.8 Å². The van der Waals surface area contributed by atoms with Crippen molar-refractivity contribution in [2.75, 3.05) is 29.6 Å². The number of rotatable bonds is 10. The predicted molar refractivity (Wildman–Crippen MR) is 162 cm³/mol. The summed E-state index contributed by atoms with van der Waals surface area (Å²) in [4.78, 5) is 50.8. The zero-order valence-electron chi connectivity index (χ0n) is 23.2. The van der Waals surface area contributed by atoms with Gasteiger partial charge in [-0.25, -0.2) is 9.97 Å². The summed E-state index contributed by atoms with van der Waals surface area (Å²) in [6.45, 7) is 1.98. The van der Waals surface area contributed by atoms with Gasteiger partial charge in [-0.05, 0) is 74.3 Å². The molecule has 2 aromatic heterocycles. The van der Waals surface area contributed by atoms with E-state index in [9.17, 15) is 19.5 Å². The lowest BCUT2D eigenvalue weighted by Gasteiger charge is -2.29. The number of carboxylic acid groups (broad SMARTS) is 1. The van der Waals surface area contributed by atoms with E-state index in [2.05, 4.69) is 4.98 Å². The fourth-order valence-corrected chi connectivity index (χ4v) is 6.97. The Hall–Kier alpha value is -3.34. The summed E-state index contributed by atoms with van der Waals surface area (Å²) in [6.07, 6.45) is 6.92. The third kappa shape index (κ3) is 6.35. The highest BCUT2D eigenvalue weighted by Crippen LogP contribution is 2.41. The molecular weight excluding hydrogens is 576 g/mol. The van der Waals surface area contributed by atoms with Gasteiger partial charge in [0.25, 0.3) is 0 Å². The first kappa shape index (κ1) is 28.8. The molecule has 0 bridgehead atoms.